The molecule has 0 bridgehead atoms. The molecule has 8 nitrogen and oxygen atoms in total. The summed E-state index contributed by atoms with van der Waals surface area (Å²) in [6, 6.07) is 10.7. The van der Waals surface area contributed by atoms with Crippen LogP contribution in [0, 0.1) is 0 Å². The molecule has 2 aromatic carbocycles. The van der Waals surface area contributed by atoms with Gasteiger partial charge in [-0.1, -0.05) is 54.2 Å². The van der Waals surface area contributed by atoms with Crippen LogP contribution in [0.15, 0.2) is 42.5 Å². The van der Waals surface area contributed by atoms with Gasteiger partial charge in [0.2, 0.25) is 21.8 Å². The fourth-order valence-corrected chi connectivity index (χ4v) is 5.73. The molecular formula is C26H33Cl2N3O5S. The Kier molecular flexibility index (Phi) is 10.1. The van der Waals surface area contributed by atoms with E-state index >= 15 is 0 Å². The average molecular weight is 571 g/mol. The normalized spacial score (nSPS) is 14.7. The Bertz CT molecular complexity index is 1200. The second-order valence-corrected chi connectivity index (χ2v) is 11.8. The minimum Gasteiger partial charge on any atom is -0.492 e. The van der Waals surface area contributed by atoms with E-state index in [9.17, 15) is 18.0 Å². The number of hydrogen-bond donors (Lipinski definition) is 1. The number of hydrogen-bond acceptors (Lipinski definition) is 5. The minimum atomic E-state index is -3.89. The van der Waals surface area contributed by atoms with E-state index in [1.165, 1.54) is 4.90 Å². The molecule has 0 saturated heterocycles. The van der Waals surface area contributed by atoms with Crippen LogP contribution in [-0.2, 0) is 26.2 Å². The number of rotatable bonds is 11. The third kappa shape index (κ3) is 7.52. The first-order valence-corrected chi connectivity index (χ1v) is 14.9. The summed E-state index contributed by atoms with van der Waals surface area (Å²) in [6.07, 6.45) is 4.88. The summed E-state index contributed by atoms with van der Waals surface area (Å²) in [7, 11) is -3.89. The van der Waals surface area contributed by atoms with Gasteiger partial charge < -0.3 is 15.0 Å². The second kappa shape index (κ2) is 12.8. The van der Waals surface area contributed by atoms with Crippen molar-refractivity contribution < 1.29 is 22.7 Å². The van der Waals surface area contributed by atoms with Crippen LogP contribution in [0.3, 0.4) is 0 Å². The number of amides is 2. The number of sulfonamides is 1. The van der Waals surface area contributed by atoms with E-state index in [1.54, 1.807) is 56.3 Å². The molecule has 3 rings (SSSR count). The molecule has 1 atom stereocenters. The summed E-state index contributed by atoms with van der Waals surface area (Å²) in [5.74, 6) is -0.568. The molecule has 2 aromatic rings. The van der Waals surface area contributed by atoms with Crippen molar-refractivity contribution in [2.45, 2.75) is 58.2 Å². The average Bonchev–Trinajstić information content (AvgIpc) is 3.35. The summed E-state index contributed by atoms with van der Waals surface area (Å²) in [5, 5.41) is 3.71. The summed E-state index contributed by atoms with van der Waals surface area (Å²) in [5.41, 5.74) is 0.708. The molecule has 37 heavy (non-hydrogen) atoms. The monoisotopic (exact) mass is 569 g/mol. The van der Waals surface area contributed by atoms with Gasteiger partial charge in [0, 0.05) is 28.2 Å². The molecule has 1 saturated carbocycles. The quantitative estimate of drug-likeness (QED) is 0.425. The predicted molar refractivity (Wildman–Crippen MR) is 147 cm³/mol. The molecule has 0 unspecified atom stereocenters. The zero-order valence-corrected chi connectivity index (χ0v) is 23.6. The molecule has 0 aromatic heterocycles. The van der Waals surface area contributed by atoms with Crippen molar-refractivity contribution in [1.29, 1.82) is 0 Å². The number of carbonyl (C=O) groups excluding carboxylic acids is 2. The number of ether oxygens (including phenoxy) is 1. The van der Waals surface area contributed by atoms with Gasteiger partial charge in [-0.3, -0.25) is 13.9 Å². The molecule has 11 heteroatoms. The van der Waals surface area contributed by atoms with Gasteiger partial charge >= 0.3 is 0 Å². The molecule has 1 fully saturated rings. The lowest BCUT2D eigenvalue weighted by molar-refractivity contribution is -0.139. The fourth-order valence-electron chi connectivity index (χ4n) is 4.36. The maximum atomic E-state index is 13.8. The third-order valence-electron chi connectivity index (χ3n) is 6.37. The van der Waals surface area contributed by atoms with Gasteiger partial charge in [0.05, 0.1) is 18.6 Å². The Morgan fingerprint density at radius 2 is 1.70 bits per heavy atom. The number of nitrogens with one attached hydrogen (secondary N) is 1. The van der Waals surface area contributed by atoms with Gasteiger partial charge in [-0.2, -0.15) is 0 Å². The van der Waals surface area contributed by atoms with Crippen LogP contribution >= 0.6 is 23.2 Å². The lowest BCUT2D eigenvalue weighted by atomic mass is 10.1. The van der Waals surface area contributed by atoms with Crippen LogP contribution in [0.25, 0.3) is 0 Å². The van der Waals surface area contributed by atoms with Crippen LogP contribution < -0.4 is 14.4 Å². The highest BCUT2D eigenvalue weighted by atomic mass is 35.5. The maximum Gasteiger partial charge on any atom is 0.244 e. The van der Waals surface area contributed by atoms with Gasteiger partial charge in [0.25, 0.3) is 0 Å². The van der Waals surface area contributed by atoms with Gasteiger partial charge in [-0.15, -0.1) is 0 Å². The number of halogens is 2. The van der Waals surface area contributed by atoms with Crippen molar-refractivity contribution >= 4 is 50.7 Å². The van der Waals surface area contributed by atoms with E-state index in [0.717, 1.165) is 36.2 Å². The molecular weight excluding hydrogens is 537 g/mol. The second-order valence-electron chi connectivity index (χ2n) is 9.06. The number of carbonyl (C=O) groups is 2. The van der Waals surface area contributed by atoms with E-state index in [2.05, 4.69) is 5.32 Å². The van der Waals surface area contributed by atoms with Crippen molar-refractivity contribution in [3.8, 4) is 5.75 Å². The molecule has 0 aliphatic heterocycles. The van der Waals surface area contributed by atoms with Crippen molar-refractivity contribution in [3.63, 3.8) is 0 Å². The zero-order valence-electron chi connectivity index (χ0n) is 21.2. The highest BCUT2D eigenvalue weighted by Crippen LogP contribution is 2.31. The number of nitrogens with zero attached hydrogens (tertiary/aromatic N) is 2. The van der Waals surface area contributed by atoms with Crippen LogP contribution in [0.5, 0.6) is 5.75 Å². The smallest absolute Gasteiger partial charge is 0.244 e. The molecule has 1 aliphatic carbocycles. The van der Waals surface area contributed by atoms with Crippen LogP contribution in [-0.4, -0.2) is 56.6 Å². The highest BCUT2D eigenvalue weighted by molar-refractivity contribution is 7.92. The first-order valence-electron chi connectivity index (χ1n) is 12.2. The summed E-state index contributed by atoms with van der Waals surface area (Å²) >= 11 is 12.8. The lowest BCUT2D eigenvalue weighted by Gasteiger charge is -2.32. The first-order chi connectivity index (χ1) is 17.5. The first kappa shape index (κ1) is 29.1. The van der Waals surface area contributed by atoms with E-state index in [1.807, 2.05) is 0 Å². The molecule has 0 spiro atoms. The van der Waals surface area contributed by atoms with E-state index in [4.69, 9.17) is 27.9 Å². The molecule has 202 valence electrons. The van der Waals surface area contributed by atoms with Crippen molar-refractivity contribution in [2.75, 3.05) is 23.7 Å². The van der Waals surface area contributed by atoms with Crippen molar-refractivity contribution in [3.05, 3.63) is 58.1 Å². The maximum absolute atomic E-state index is 13.8. The van der Waals surface area contributed by atoms with Gasteiger partial charge in [-0.05, 0) is 51.0 Å². The Morgan fingerprint density at radius 3 is 2.30 bits per heavy atom. The van der Waals surface area contributed by atoms with Crippen LogP contribution in [0.4, 0.5) is 5.69 Å². The van der Waals surface area contributed by atoms with Crippen LogP contribution in [0.1, 0.15) is 45.1 Å². The zero-order chi connectivity index (χ0) is 27.2. The van der Waals surface area contributed by atoms with Crippen molar-refractivity contribution in [1.82, 2.24) is 10.2 Å². The summed E-state index contributed by atoms with van der Waals surface area (Å²) < 4.78 is 32.3. The SMILES string of the molecule is CCOc1ccccc1N(CC(=O)N(Cc1c(Cl)cccc1Cl)[C@H](C)C(=O)NC1CCCC1)S(C)(=O)=O. The molecule has 2 amide bonds. The van der Waals surface area contributed by atoms with Crippen LogP contribution in [0.2, 0.25) is 10.0 Å². The predicted octanol–water partition coefficient (Wildman–Crippen LogP) is 4.63. The number of para-hydroxylation sites is 2. The van der Waals surface area contributed by atoms with E-state index in [-0.39, 0.29) is 24.2 Å². The Balaban J connectivity index is 1.95. The Morgan fingerprint density at radius 1 is 1.08 bits per heavy atom. The summed E-state index contributed by atoms with van der Waals surface area (Å²) in [4.78, 5) is 28.3. The molecule has 0 heterocycles. The number of benzene rings is 2. The lowest BCUT2D eigenvalue weighted by Crippen LogP contribution is -2.52. The Hall–Kier alpha value is -2.49. The highest BCUT2D eigenvalue weighted by Gasteiger charge is 2.32. The van der Waals surface area contributed by atoms with Crippen molar-refractivity contribution in [2.24, 2.45) is 0 Å². The topological polar surface area (TPSA) is 96.0 Å². The Labute approximate surface area is 228 Å². The summed E-state index contributed by atoms with van der Waals surface area (Å²) in [6.45, 7) is 3.11. The largest absolute Gasteiger partial charge is 0.492 e. The van der Waals surface area contributed by atoms with E-state index in [0.29, 0.717) is 28.0 Å². The van der Waals surface area contributed by atoms with Gasteiger partial charge in [0.15, 0.2) is 0 Å². The van der Waals surface area contributed by atoms with Gasteiger partial charge in [-0.25, -0.2) is 8.42 Å². The fraction of sp³-hybridized carbons (Fsp3) is 0.462. The third-order valence-corrected chi connectivity index (χ3v) is 8.21. The van der Waals surface area contributed by atoms with E-state index < -0.39 is 28.5 Å². The molecule has 1 aliphatic rings. The standard InChI is InChI=1S/C26H33Cl2N3O5S/c1-4-36-24-15-8-7-14-23(24)31(37(3,34)35)17-25(32)30(16-20-21(27)12-9-13-22(20)28)18(2)26(33)29-19-10-5-6-11-19/h7-9,12-15,18-19H,4-6,10-11,16-17H2,1-3H3,(H,29,33)/t18-/m1/s1. The number of anilines is 1. The molecule has 1 N–H and O–H groups in total. The van der Waals surface area contributed by atoms with Gasteiger partial charge in [0.1, 0.15) is 18.3 Å². The molecule has 0 radical (unpaired) electrons. The minimum absolute atomic E-state index is 0.0568.